The van der Waals surface area contributed by atoms with Crippen LogP contribution in [0.5, 0.6) is 0 Å². The second-order valence-electron chi connectivity index (χ2n) is 5.06. The van der Waals surface area contributed by atoms with E-state index in [1.165, 1.54) is 24.9 Å². The van der Waals surface area contributed by atoms with Crippen LogP contribution < -0.4 is 10.6 Å². The predicted octanol–water partition coefficient (Wildman–Crippen LogP) is 3.59. The molecule has 2 atom stereocenters. The van der Waals surface area contributed by atoms with Gasteiger partial charge in [0.1, 0.15) is 0 Å². The molecule has 1 heterocycles. The van der Waals surface area contributed by atoms with Crippen LogP contribution in [0.1, 0.15) is 31.7 Å². The zero-order valence-corrected chi connectivity index (χ0v) is 11.3. The van der Waals surface area contributed by atoms with Crippen LogP contribution in [0.2, 0.25) is 5.02 Å². The molecule has 0 saturated carbocycles. The largest absolute Gasteiger partial charge is 0.381 e. The molecule has 1 saturated heterocycles. The van der Waals surface area contributed by atoms with E-state index in [9.17, 15) is 0 Å². The second-order valence-corrected chi connectivity index (χ2v) is 5.46. The second kappa shape index (κ2) is 5.74. The summed E-state index contributed by atoms with van der Waals surface area (Å²) < 4.78 is 0. The third-order valence-corrected chi connectivity index (χ3v) is 3.65. The van der Waals surface area contributed by atoms with Crippen molar-refractivity contribution in [3.05, 3.63) is 28.8 Å². The van der Waals surface area contributed by atoms with Gasteiger partial charge in [0, 0.05) is 12.1 Å². The molecule has 1 aromatic carbocycles. The maximum Gasteiger partial charge on any atom is 0.0637 e. The van der Waals surface area contributed by atoms with E-state index in [1.807, 2.05) is 12.1 Å². The van der Waals surface area contributed by atoms with E-state index in [0.717, 1.165) is 17.1 Å². The molecule has 3 heteroatoms. The van der Waals surface area contributed by atoms with E-state index in [4.69, 9.17) is 11.6 Å². The summed E-state index contributed by atoms with van der Waals surface area (Å²) in [6.07, 6.45) is 3.76. The first-order valence-corrected chi connectivity index (χ1v) is 6.79. The zero-order valence-electron chi connectivity index (χ0n) is 10.6. The number of nitrogens with one attached hydrogen (secondary N) is 2. The van der Waals surface area contributed by atoms with Gasteiger partial charge in [-0.2, -0.15) is 0 Å². The molecule has 2 N–H and O–H groups in total. The van der Waals surface area contributed by atoms with Crippen molar-refractivity contribution in [2.24, 2.45) is 0 Å². The van der Waals surface area contributed by atoms with Crippen molar-refractivity contribution in [2.45, 2.75) is 45.2 Å². The molecule has 2 nitrogen and oxygen atoms in total. The number of aryl methyl sites for hydroxylation is 1. The Morgan fingerprint density at radius 2 is 2.35 bits per heavy atom. The van der Waals surface area contributed by atoms with Crippen LogP contribution in [-0.2, 0) is 0 Å². The highest BCUT2D eigenvalue weighted by molar-refractivity contribution is 6.33. The van der Waals surface area contributed by atoms with Crippen molar-refractivity contribution in [3.8, 4) is 0 Å². The lowest BCUT2D eigenvalue weighted by Gasteiger charge is -2.20. The normalized spacial score (nSPS) is 21.5. The minimum atomic E-state index is 0.449. The Balaban J connectivity index is 1.92. The lowest BCUT2D eigenvalue weighted by molar-refractivity contribution is 0.523. The predicted molar refractivity (Wildman–Crippen MR) is 74.9 cm³/mol. The summed E-state index contributed by atoms with van der Waals surface area (Å²) in [7, 11) is 0. The number of hydrogen-bond donors (Lipinski definition) is 2. The van der Waals surface area contributed by atoms with Crippen LogP contribution in [0.3, 0.4) is 0 Å². The molecule has 0 aromatic heterocycles. The maximum absolute atomic E-state index is 6.18. The van der Waals surface area contributed by atoms with Gasteiger partial charge in [-0.25, -0.2) is 0 Å². The lowest BCUT2D eigenvalue weighted by Crippen LogP contribution is -2.29. The fraction of sp³-hybridized carbons (Fsp3) is 0.571. The van der Waals surface area contributed by atoms with Gasteiger partial charge in [-0.15, -0.1) is 0 Å². The minimum absolute atomic E-state index is 0.449. The van der Waals surface area contributed by atoms with Gasteiger partial charge in [0.15, 0.2) is 0 Å². The first kappa shape index (κ1) is 12.7. The average Bonchev–Trinajstić information content (AvgIpc) is 2.76. The molecule has 0 amide bonds. The Bertz CT molecular complexity index is 372. The van der Waals surface area contributed by atoms with E-state index in [-0.39, 0.29) is 0 Å². The monoisotopic (exact) mass is 252 g/mol. The molecule has 0 bridgehead atoms. The van der Waals surface area contributed by atoms with Crippen molar-refractivity contribution < 1.29 is 0 Å². The first-order chi connectivity index (χ1) is 8.15. The Morgan fingerprint density at radius 1 is 1.53 bits per heavy atom. The quantitative estimate of drug-likeness (QED) is 0.856. The number of benzene rings is 1. The van der Waals surface area contributed by atoms with E-state index in [1.54, 1.807) is 0 Å². The van der Waals surface area contributed by atoms with Crippen LogP contribution in [0.25, 0.3) is 0 Å². The number of anilines is 1. The van der Waals surface area contributed by atoms with Gasteiger partial charge >= 0.3 is 0 Å². The standard InChI is InChI=1S/C14H21ClN2/c1-10-5-6-13(15)14(8-10)17-11(2)9-12-4-3-7-16-12/h5-6,8,11-12,16-17H,3-4,7,9H2,1-2H3. The van der Waals surface area contributed by atoms with Gasteiger partial charge < -0.3 is 10.6 Å². The van der Waals surface area contributed by atoms with Crippen LogP contribution >= 0.6 is 11.6 Å². The Kier molecular flexibility index (Phi) is 4.30. The Morgan fingerprint density at radius 3 is 3.06 bits per heavy atom. The summed E-state index contributed by atoms with van der Waals surface area (Å²) >= 11 is 6.18. The molecule has 1 aliphatic rings. The Hall–Kier alpha value is -0.730. The SMILES string of the molecule is Cc1ccc(Cl)c(NC(C)CC2CCCN2)c1. The molecule has 1 aromatic rings. The third-order valence-electron chi connectivity index (χ3n) is 3.32. The average molecular weight is 253 g/mol. The third kappa shape index (κ3) is 3.62. The summed E-state index contributed by atoms with van der Waals surface area (Å²) in [5.74, 6) is 0. The van der Waals surface area contributed by atoms with Gasteiger partial charge in [0.2, 0.25) is 0 Å². The van der Waals surface area contributed by atoms with Crippen molar-refractivity contribution in [3.63, 3.8) is 0 Å². The highest BCUT2D eigenvalue weighted by Gasteiger charge is 2.17. The molecular formula is C14H21ClN2. The van der Waals surface area contributed by atoms with Crippen LogP contribution in [0, 0.1) is 6.92 Å². The number of hydrogen-bond acceptors (Lipinski definition) is 2. The molecule has 2 unspecified atom stereocenters. The molecule has 17 heavy (non-hydrogen) atoms. The fourth-order valence-electron chi connectivity index (χ4n) is 2.46. The maximum atomic E-state index is 6.18. The van der Waals surface area contributed by atoms with E-state index in [0.29, 0.717) is 12.1 Å². The van der Waals surface area contributed by atoms with Crippen LogP contribution in [0.4, 0.5) is 5.69 Å². The van der Waals surface area contributed by atoms with Gasteiger partial charge in [-0.3, -0.25) is 0 Å². The van der Waals surface area contributed by atoms with Crippen molar-refractivity contribution in [1.82, 2.24) is 5.32 Å². The summed E-state index contributed by atoms with van der Waals surface area (Å²) in [5.41, 5.74) is 2.29. The molecular weight excluding hydrogens is 232 g/mol. The van der Waals surface area contributed by atoms with Crippen molar-refractivity contribution in [2.75, 3.05) is 11.9 Å². The van der Waals surface area contributed by atoms with Gasteiger partial charge in [0.25, 0.3) is 0 Å². The summed E-state index contributed by atoms with van der Waals surface area (Å²) in [4.78, 5) is 0. The molecule has 0 radical (unpaired) electrons. The number of halogens is 1. The summed E-state index contributed by atoms with van der Waals surface area (Å²) in [6.45, 7) is 5.48. The van der Waals surface area contributed by atoms with E-state index >= 15 is 0 Å². The van der Waals surface area contributed by atoms with Crippen LogP contribution in [-0.4, -0.2) is 18.6 Å². The minimum Gasteiger partial charge on any atom is -0.381 e. The van der Waals surface area contributed by atoms with Gasteiger partial charge in [-0.05, 0) is 57.4 Å². The van der Waals surface area contributed by atoms with E-state index < -0.39 is 0 Å². The van der Waals surface area contributed by atoms with Crippen molar-refractivity contribution in [1.29, 1.82) is 0 Å². The Labute approximate surface area is 109 Å². The van der Waals surface area contributed by atoms with Gasteiger partial charge in [-0.1, -0.05) is 17.7 Å². The lowest BCUT2D eigenvalue weighted by atomic mass is 10.1. The molecule has 1 aliphatic heterocycles. The van der Waals surface area contributed by atoms with Gasteiger partial charge in [0.05, 0.1) is 10.7 Å². The zero-order chi connectivity index (χ0) is 12.3. The molecule has 0 spiro atoms. The van der Waals surface area contributed by atoms with Crippen LogP contribution in [0.15, 0.2) is 18.2 Å². The summed E-state index contributed by atoms with van der Waals surface area (Å²) in [6, 6.07) is 7.23. The van der Waals surface area contributed by atoms with Crippen molar-refractivity contribution >= 4 is 17.3 Å². The first-order valence-electron chi connectivity index (χ1n) is 6.41. The molecule has 0 aliphatic carbocycles. The molecule has 94 valence electrons. The number of rotatable bonds is 4. The topological polar surface area (TPSA) is 24.1 Å². The molecule has 2 rings (SSSR count). The molecule has 1 fully saturated rings. The highest BCUT2D eigenvalue weighted by atomic mass is 35.5. The van der Waals surface area contributed by atoms with E-state index in [2.05, 4.69) is 30.5 Å². The summed E-state index contributed by atoms with van der Waals surface area (Å²) in [5, 5.41) is 7.84. The highest BCUT2D eigenvalue weighted by Crippen LogP contribution is 2.24. The fourth-order valence-corrected chi connectivity index (χ4v) is 2.63. The smallest absolute Gasteiger partial charge is 0.0637 e.